The smallest absolute Gasteiger partial charge is 0.124 e. The third-order valence-corrected chi connectivity index (χ3v) is 3.49. The molecule has 0 saturated heterocycles. The Balaban J connectivity index is 2.09. The Kier molecular flexibility index (Phi) is 4.43. The lowest BCUT2D eigenvalue weighted by Gasteiger charge is -2.20. The van der Waals surface area contributed by atoms with Crippen LogP contribution in [0.2, 0.25) is 0 Å². The first kappa shape index (κ1) is 12.4. The maximum absolute atomic E-state index is 6.13. The fraction of sp³-hybridized carbons (Fsp3) is 0.600. The fourth-order valence-corrected chi connectivity index (χ4v) is 2.55. The van der Waals surface area contributed by atoms with E-state index in [0.29, 0.717) is 12.1 Å². The summed E-state index contributed by atoms with van der Waals surface area (Å²) in [5, 5.41) is 3.45. The molecule has 1 fully saturated rings. The first-order valence-corrected chi connectivity index (χ1v) is 6.80. The van der Waals surface area contributed by atoms with E-state index in [9.17, 15) is 0 Å². The molecule has 2 heteroatoms. The Morgan fingerprint density at radius 3 is 2.71 bits per heavy atom. The van der Waals surface area contributed by atoms with Gasteiger partial charge in [-0.2, -0.15) is 0 Å². The fourth-order valence-electron chi connectivity index (χ4n) is 2.55. The van der Waals surface area contributed by atoms with Crippen LogP contribution in [0.5, 0.6) is 5.75 Å². The van der Waals surface area contributed by atoms with Crippen LogP contribution in [0.15, 0.2) is 24.3 Å². The van der Waals surface area contributed by atoms with Crippen molar-refractivity contribution in [3.8, 4) is 5.75 Å². The van der Waals surface area contributed by atoms with Crippen molar-refractivity contribution >= 4 is 0 Å². The lowest BCUT2D eigenvalue weighted by atomic mass is 10.1. The Labute approximate surface area is 104 Å². The molecule has 0 aliphatic heterocycles. The SMILES string of the molecule is CCN[C@H](C)c1ccccc1OC1CCCC1. The van der Waals surface area contributed by atoms with Gasteiger partial charge in [-0.25, -0.2) is 0 Å². The van der Waals surface area contributed by atoms with Gasteiger partial charge in [-0.05, 0) is 45.2 Å². The van der Waals surface area contributed by atoms with E-state index in [2.05, 4.69) is 43.4 Å². The second-order valence-electron chi connectivity index (χ2n) is 4.84. The third kappa shape index (κ3) is 3.22. The van der Waals surface area contributed by atoms with Gasteiger partial charge in [-0.15, -0.1) is 0 Å². The molecular weight excluding hydrogens is 210 g/mol. The normalized spacial score (nSPS) is 18.2. The van der Waals surface area contributed by atoms with Gasteiger partial charge < -0.3 is 10.1 Å². The van der Waals surface area contributed by atoms with Crippen molar-refractivity contribution in [3.63, 3.8) is 0 Å². The summed E-state index contributed by atoms with van der Waals surface area (Å²) in [6.45, 7) is 5.32. The predicted molar refractivity (Wildman–Crippen MR) is 71.4 cm³/mol. The van der Waals surface area contributed by atoms with E-state index in [4.69, 9.17) is 4.74 Å². The monoisotopic (exact) mass is 233 g/mol. The molecule has 1 aromatic carbocycles. The van der Waals surface area contributed by atoms with Gasteiger partial charge in [-0.1, -0.05) is 25.1 Å². The molecule has 0 spiro atoms. The number of rotatable bonds is 5. The summed E-state index contributed by atoms with van der Waals surface area (Å²) in [6, 6.07) is 8.77. The van der Waals surface area contributed by atoms with Crippen LogP contribution in [0, 0.1) is 0 Å². The Bertz CT molecular complexity index is 345. The summed E-state index contributed by atoms with van der Waals surface area (Å²) in [7, 11) is 0. The molecule has 1 N–H and O–H groups in total. The van der Waals surface area contributed by atoms with Crippen LogP contribution in [0.4, 0.5) is 0 Å². The molecule has 1 aromatic rings. The molecule has 0 amide bonds. The van der Waals surface area contributed by atoms with Crippen LogP contribution in [0.3, 0.4) is 0 Å². The molecule has 2 rings (SSSR count). The molecule has 0 unspecified atom stereocenters. The second kappa shape index (κ2) is 6.06. The molecule has 0 heterocycles. The van der Waals surface area contributed by atoms with E-state index in [1.165, 1.54) is 31.2 Å². The highest BCUT2D eigenvalue weighted by Crippen LogP contribution is 2.29. The van der Waals surface area contributed by atoms with Crippen LogP contribution in [0.1, 0.15) is 51.1 Å². The van der Waals surface area contributed by atoms with Crippen molar-refractivity contribution in [1.82, 2.24) is 5.32 Å². The van der Waals surface area contributed by atoms with Gasteiger partial charge >= 0.3 is 0 Å². The van der Waals surface area contributed by atoms with Gasteiger partial charge in [-0.3, -0.25) is 0 Å². The summed E-state index contributed by atoms with van der Waals surface area (Å²) in [5.74, 6) is 1.06. The van der Waals surface area contributed by atoms with Crippen LogP contribution in [-0.2, 0) is 0 Å². The number of hydrogen-bond donors (Lipinski definition) is 1. The van der Waals surface area contributed by atoms with E-state index in [1.807, 2.05) is 0 Å². The van der Waals surface area contributed by atoms with Gasteiger partial charge in [0.2, 0.25) is 0 Å². The van der Waals surface area contributed by atoms with Crippen molar-refractivity contribution in [2.75, 3.05) is 6.54 Å². The standard InChI is InChI=1S/C15H23NO/c1-3-16-12(2)14-10-6-7-11-15(14)17-13-8-4-5-9-13/h6-7,10-13,16H,3-5,8-9H2,1-2H3/t12-/m1/s1. The van der Waals surface area contributed by atoms with Crippen molar-refractivity contribution in [2.45, 2.75) is 51.7 Å². The average Bonchev–Trinajstić information content (AvgIpc) is 2.83. The summed E-state index contributed by atoms with van der Waals surface area (Å²) in [6.07, 6.45) is 5.49. The van der Waals surface area contributed by atoms with E-state index >= 15 is 0 Å². The quantitative estimate of drug-likeness (QED) is 0.837. The minimum Gasteiger partial charge on any atom is -0.490 e. The topological polar surface area (TPSA) is 21.3 Å². The van der Waals surface area contributed by atoms with E-state index < -0.39 is 0 Å². The van der Waals surface area contributed by atoms with Gasteiger partial charge in [0.15, 0.2) is 0 Å². The summed E-state index contributed by atoms with van der Waals surface area (Å²) >= 11 is 0. The lowest BCUT2D eigenvalue weighted by Crippen LogP contribution is -2.20. The zero-order valence-corrected chi connectivity index (χ0v) is 10.9. The minimum atomic E-state index is 0.359. The summed E-state index contributed by atoms with van der Waals surface area (Å²) in [4.78, 5) is 0. The van der Waals surface area contributed by atoms with Crippen LogP contribution in [0.25, 0.3) is 0 Å². The van der Waals surface area contributed by atoms with E-state index in [0.717, 1.165) is 12.3 Å². The van der Waals surface area contributed by atoms with Crippen molar-refractivity contribution in [1.29, 1.82) is 0 Å². The number of hydrogen-bond acceptors (Lipinski definition) is 2. The Morgan fingerprint density at radius 1 is 1.29 bits per heavy atom. The molecule has 1 atom stereocenters. The highest BCUT2D eigenvalue weighted by Gasteiger charge is 2.18. The number of ether oxygens (including phenoxy) is 1. The molecule has 1 aliphatic rings. The largest absolute Gasteiger partial charge is 0.490 e. The number of benzene rings is 1. The molecule has 1 aliphatic carbocycles. The van der Waals surface area contributed by atoms with Crippen molar-refractivity contribution in [2.24, 2.45) is 0 Å². The Hall–Kier alpha value is -1.02. The molecule has 0 radical (unpaired) electrons. The van der Waals surface area contributed by atoms with E-state index in [-0.39, 0.29) is 0 Å². The molecular formula is C15H23NO. The van der Waals surface area contributed by atoms with Crippen molar-refractivity contribution < 1.29 is 4.74 Å². The first-order chi connectivity index (χ1) is 8.31. The van der Waals surface area contributed by atoms with Crippen LogP contribution >= 0.6 is 0 Å². The maximum Gasteiger partial charge on any atom is 0.124 e. The number of para-hydroxylation sites is 1. The van der Waals surface area contributed by atoms with Gasteiger partial charge in [0.05, 0.1) is 6.10 Å². The summed E-state index contributed by atoms with van der Waals surface area (Å²) < 4.78 is 6.13. The minimum absolute atomic E-state index is 0.359. The molecule has 0 bridgehead atoms. The highest BCUT2D eigenvalue weighted by atomic mass is 16.5. The maximum atomic E-state index is 6.13. The summed E-state index contributed by atoms with van der Waals surface area (Å²) in [5.41, 5.74) is 1.28. The molecule has 2 nitrogen and oxygen atoms in total. The molecule has 1 saturated carbocycles. The van der Waals surface area contributed by atoms with Gasteiger partial charge in [0, 0.05) is 11.6 Å². The Morgan fingerprint density at radius 2 is 2.00 bits per heavy atom. The first-order valence-electron chi connectivity index (χ1n) is 6.80. The lowest BCUT2D eigenvalue weighted by molar-refractivity contribution is 0.206. The highest BCUT2D eigenvalue weighted by molar-refractivity contribution is 5.35. The van der Waals surface area contributed by atoms with Crippen LogP contribution < -0.4 is 10.1 Å². The predicted octanol–water partition coefficient (Wildman–Crippen LogP) is 3.68. The third-order valence-electron chi connectivity index (χ3n) is 3.49. The molecule has 0 aromatic heterocycles. The van der Waals surface area contributed by atoms with Crippen LogP contribution in [-0.4, -0.2) is 12.6 Å². The molecule has 94 valence electrons. The number of nitrogens with one attached hydrogen (secondary N) is 1. The molecule has 17 heavy (non-hydrogen) atoms. The second-order valence-corrected chi connectivity index (χ2v) is 4.84. The van der Waals surface area contributed by atoms with E-state index in [1.54, 1.807) is 0 Å². The zero-order valence-electron chi connectivity index (χ0n) is 10.9. The van der Waals surface area contributed by atoms with Crippen molar-refractivity contribution in [3.05, 3.63) is 29.8 Å². The van der Waals surface area contributed by atoms with Gasteiger partial charge in [0.25, 0.3) is 0 Å². The average molecular weight is 233 g/mol. The zero-order chi connectivity index (χ0) is 12.1. The van der Waals surface area contributed by atoms with Gasteiger partial charge in [0.1, 0.15) is 5.75 Å².